The number of fused-ring (bicyclic) bond motifs is 2. The number of nitrogens with one attached hydrogen (secondary N) is 1. The number of para-hydroxylation sites is 1. The number of hydrogen-bond acceptors (Lipinski definition) is 7. The molecule has 0 aliphatic carbocycles. The van der Waals surface area contributed by atoms with Crippen molar-refractivity contribution >= 4 is 67.2 Å². The van der Waals surface area contributed by atoms with Gasteiger partial charge in [-0.2, -0.15) is 0 Å². The molecule has 0 saturated carbocycles. The number of ether oxygens (including phenoxy) is 2. The number of halogens is 2. The van der Waals surface area contributed by atoms with Crippen LogP contribution in [0, 0.1) is 0 Å². The van der Waals surface area contributed by atoms with Gasteiger partial charge in [-0.1, -0.05) is 35.3 Å². The topological polar surface area (TPSA) is 69.2 Å². The number of methoxy groups -OCH3 is 1. The highest BCUT2D eigenvalue weighted by Crippen LogP contribution is 2.36. The molecule has 32 heavy (non-hydrogen) atoms. The summed E-state index contributed by atoms with van der Waals surface area (Å²) in [5.41, 5.74) is 2.43. The van der Waals surface area contributed by atoms with Crippen LogP contribution in [0.25, 0.3) is 21.1 Å². The van der Waals surface area contributed by atoms with Crippen LogP contribution in [0.15, 0.2) is 60.9 Å². The Morgan fingerprint density at radius 3 is 2.62 bits per heavy atom. The van der Waals surface area contributed by atoms with Crippen LogP contribution in [0.1, 0.15) is 5.01 Å². The van der Waals surface area contributed by atoms with Gasteiger partial charge in [-0.05, 0) is 36.4 Å². The van der Waals surface area contributed by atoms with Crippen molar-refractivity contribution in [2.45, 2.75) is 6.61 Å². The fourth-order valence-electron chi connectivity index (χ4n) is 3.27. The molecule has 2 aromatic heterocycles. The normalized spacial score (nSPS) is 11.1. The minimum Gasteiger partial charge on any atom is -0.493 e. The first kappa shape index (κ1) is 20.8. The Morgan fingerprint density at radius 1 is 0.938 bits per heavy atom. The minimum atomic E-state index is 0.324. The molecule has 6 nitrogen and oxygen atoms in total. The molecule has 0 amide bonds. The zero-order chi connectivity index (χ0) is 22.1. The van der Waals surface area contributed by atoms with Gasteiger partial charge in [0.1, 0.15) is 23.8 Å². The Bertz CT molecular complexity index is 1410. The lowest BCUT2D eigenvalue weighted by molar-refractivity contribution is 0.285. The van der Waals surface area contributed by atoms with E-state index in [1.54, 1.807) is 30.6 Å². The van der Waals surface area contributed by atoms with Gasteiger partial charge >= 0.3 is 0 Å². The van der Waals surface area contributed by atoms with Gasteiger partial charge in [0, 0.05) is 17.1 Å². The molecule has 0 aliphatic rings. The highest BCUT2D eigenvalue weighted by Gasteiger charge is 2.13. The van der Waals surface area contributed by atoms with E-state index in [1.165, 1.54) is 6.33 Å². The van der Waals surface area contributed by atoms with Crippen molar-refractivity contribution in [3.8, 4) is 11.5 Å². The molecule has 0 fully saturated rings. The zero-order valence-corrected chi connectivity index (χ0v) is 19.1. The Kier molecular flexibility index (Phi) is 5.70. The minimum absolute atomic E-state index is 0.324. The van der Waals surface area contributed by atoms with Gasteiger partial charge in [0.05, 0.1) is 32.9 Å². The van der Waals surface area contributed by atoms with Gasteiger partial charge in [0.2, 0.25) is 0 Å². The van der Waals surface area contributed by atoms with Crippen molar-refractivity contribution in [2.24, 2.45) is 0 Å². The van der Waals surface area contributed by atoms with E-state index in [1.807, 2.05) is 42.5 Å². The van der Waals surface area contributed by atoms with Crippen molar-refractivity contribution in [1.29, 1.82) is 0 Å². The molecule has 5 rings (SSSR count). The third kappa shape index (κ3) is 4.14. The molecule has 160 valence electrons. The number of aromatic nitrogens is 3. The molecular formula is C23H16Cl2N4O2S. The summed E-state index contributed by atoms with van der Waals surface area (Å²) >= 11 is 13.8. The Labute approximate surface area is 197 Å². The number of rotatable bonds is 6. The van der Waals surface area contributed by atoms with Gasteiger partial charge in [0.15, 0.2) is 11.5 Å². The largest absolute Gasteiger partial charge is 0.493 e. The molecule has 0 saturated heterocycles. The lowest BCUT2D eigenvalue weighted by Gasteiger charge is -2.13. The van der Waals surface area contributed by atoms with E-state index in [9.17, 15) is 0 Å². The quantitative estimate of drug-likeness (QED) is 0.284. The van der Waals surface area contributed by atoms with Crippen molar-refractivity contribution in [1.82, 2.24) is 15.0 Å². The summed E-state index contributed by atoms with van der Waals surface area (Å²) in [6, 6.07) is 17.0. The second-order valence-electron chi connectivity index (χ2n) is 6.86. The number of thiazole rings is 1. The maximum absolute atomic E-state index is 6.15. The van der Waals surface area contributed by atoms with Crippen LogP contribution in [-0.4, -0.2) is 22.1 Å². The highest BCUT2D eigenvalue weighted by molar-refractivity contribution is 7.18. The van der Waals surface area contributed by atoms with E-state index in [0.29, 0.717) is 39.5 Å². The molecule has 0 bridgehead atoms. The van der Waals surface area contributed by atoms with Gasteiger partial charge in [0.25, 0.3) is 0 Å². The molecule has 9 heteroatoms. The van der Waals surface area contributed by atoms with Crippen LogP contribution in [0.2, 0.25) is 10.0 Å². The third-order valence-electron chi connectivity index (χ3n) is 4.79. The van der Waals surface area contributed by atoms with Gasteiger partial charge in [-0.25, -0.2) is 15.0 Å². The van der Waals surface area contributed by atoms with Crippen LogP contribution in [-0.2, 0) is 6.61 Å². The van der Waals surface area contributed by atoms with Crippen molar-refractivity contribution in [3.05, 3.63) is 76.0 Å². The predicted molar refractivity (Wildman–Crippen MR) is 130 cm³/mol. The van der Waals surface area contributed by atoms with Gasteiger partial charge < -0.3 is 14.8 Å². The first-order valence-corrected chi connectivity index (χ1v) is 11.2. The lowest BCUT2D eigenvalue weighted by atomic mass is 10.2. The smallest absolute Gasteiger partial charge is 0.162 e. The second-order valence-corrected chi connectivity index (χ2v) is 8.79. The van der Waals surface area contributed by atoms with E-state index in [2.05, 4.69) is 20.3 Å². The average Bonchev–Trinajstić information content (AvgIpc) is 3.23. The zero-order valence-electron chi connectivity index (χ0n) is 16.8. The molecule has 0 atom stereocenters. The summed E-state index contributed by atoms with van der Waals surface area (Å²) in [6.07, 6.45) is 1.49. The fourth-order valence-corrected chi connectivity index (χ4v) is 4.45. The van der Waals surface area contributed by atoms with Gasteiger partial charge in [-0.15, -0.1) is 11.3 Å². The van der Waals surface area contributed by atoms with E-state index in [-0.39, 0.29) is 0 Å². The van der Waals surface area contributed by atoms with E-state index < -0.39 is 0 Å². The number of anilines is 2. The fraction of sp³-hybridized carbons (Fsp3) is 0.0870. The van der Waals surface area contributed by atoms with Crippen molar-refractivity contribution in [2.75, 3.05) is 12.4 Å². The highest BCUT2D eigenvalue weighted by atomic mass is 35.5. The summed E-state index contributed by atoms with van der Waals surface area (Å²) in [4.78, 5) is 13.4. The summed E-state index contributed by atoms with van der Waals surface area (Å²) in [7, 11) is 1.60. The summed E-state index contributed by atoms with van der Waals surface area (Å²) < 4.78 is 12.7. The van der Waals surface area contributed by atoms with Crippen LogP contribution in [0.3, 0.4) is 0 Å². The molecule has 3 aromatic carbocycles. The molecule has 0 aliphatic heterocycles. The third-order valence-corrected chi connectivity index (χ3v) is 6.54. The number of hydrogen-bond donors (Lipinski definition) is 1. The molecule has 0 spiro atoms. The van der Waals surface area contributed by atoms with Gasteiger partial charge in [-0.3, -0.25) is 0 Å². The Balaban J connectivity index is 1.47. The molecule has 2 heterocycles. The molecular weight excluding hydrogens is 467 g/mol. The van der Waals surface area contributed by atoms with Crippen LogP contribution >= 0.6 is 34.5 Å². The van der Waals surface area contributed by atoms with E-state index in [0.717, 1.165) is 26.3 Å². The van der Waals surface area contributed by atoms with Crippen molar-refractivity contribution in [3.63, 3.8) is 0 Å². The lowest BCUT2D eigenvalue weighted by Crippen LogP contribution is -2.00. The van der Waals surface area contributed by atoms with E-state index in [4.69, 9.17) is 32.7 Å². The SMILES string of the molecule is COc1cc2ncnc(Nc3ccc(Cl)c(Cl)c3)c2cc1OCc1nc2ccccc2s1. The maximum atomic E-state index is 6.15. The van der Waals surface area contributed by atoms with Crippen LogP contribution < -0.4 is 14.8 Å². The average molecular weight is 483 g/mol. The molecule has 1 N–H and O–H groups in total. The standard InChI is InChI=1S/C23H16Cl2N4O2S/c1-30-19-10-18-14(23(27-12-26-18)28-13-6-7-15(24)16(25)8-13)9-20(19)31-11-22-29-17-4-2-3-5-21(17)32-22/h2-10,12H,11H2,1H3,(H,26,27,28). The first-order chi connectivity index (χ1) is 15.6. The van der Waals surface area contributed by atoms with Crippen LogP contribution in [0.5, 0.6) is 11.5 Å². The monoisotopic (exact) mass is 482 g/mol. The number of benzene rings is 3. The summed E-state index contributed by atoms with van der Waals surface area (Å²) in [5, 5.41) is 5.87. The molecule has 0 unspecified atom stereocenters. The maximum Gasteiger partial charge on any atom is 0.162 e. The summed E-state index contributed by atoms with van der Waals surface area (Å²) in [6.45, 7) is 0.324. The molecule has 0 radical (unpaired) electrons. The second kappa shape index (κ2) is 8.78. The summed E-state index contributed by atoms with van der Waals surface area (Å²) in [5.74, 6) is 1.77. The number of nitrogens with zero attached hydrogens (tertiary/aromatic N) is 3. The predicted octanol–water partition coefficient (Wildman–Crippen LogP) is 6.88. The van der Waals surface area contributed by atoms with Crippen molar-refractivity contribution < 1.29 is 9.47 Å². The molecule has 5 aromatic rings. The Morgan fingerprint density at radius 2 is 1.81 bits per heavy atom. The van der Waals surface area contributed by atoms with E-state index >= 15 is 0 Å². The Hall–Kier alpha value is -3.13. The first-order valence-electron chi connectivity index (χ1n) is 9.63. The van der Waals surface area contributed by atoms with Crippen LogP contribution in [0.4, 0.5) is 11.5 Å².